The summed E-state index contributed by atoms with van der Waals surface area (Å²) in [5.74, 6) is -1.76. The second-order valence-electron chi connectivity index (χ2n) is 11.2. The molecule has 0 aliphatic carbocycles. The first kappa shape index (κ1) is 29.9. The number of aryl methyl sites for hydroxylation is 2. The van der Waals surface area contributed by atoms with Crippen molar-refractivity contribution in [2.75, 3.05) is 0 Å². The van der Waals surface area contributed by atoms with E-state index in [1.807, 2.05) is 45.9 Å². The van der Waals surface area contributed by atoms with Crippen molar-refractivity contribution in [3.63, 3.8) is 0 Å². The lowest BCUT2D eigenvalue weighted by Crippen LogP contribution is -2.59. The molecular weight excluding hydrogens is 448 g/mol. The summed E-state index contributed by atoms with van der Waals surface area (Å²) in [7, 11) is 0. The molecule has 35 heavy (non-hydrogen) atoms. The predicted molar refractivity (Wildman–Crippen MR) is 136 cm³/mol. The largest absolute Gasteiger partial charge is 0.444 e. The first-order valence-electron chi connectivity index (χ1n) is 11.8. The monoisotopic (exact) mass is 490 g/mol. The number of primary amides is 1. The molecule has 196 valence electrons. The van der Waals surface area contributed by atoms with Gasteiger partial charge < -0.3 is 26.0 Å². The zero-order valence-corrected chi connectivity index (χ0v) is 22.7. The van der Waals surface area contributed by atoms with Gasteiger partial charge in [0, 0.05) is 11.6 Å². The number of nitrogens with zero attached hydrogens (tertiary/aromatic N) is 1. The van der Waals surface area contributed by atoms with Gasteiger partial charge in [0.1, 0.15) is 17.7 Å². The van der Waals surface area contributed by atoms with Gasteiger partial charge in [-0.25, -0.2) is 4.79 Å². The minimum absolute atomic E-state index is 0.173. The van der Waals surface area contributed by atoms with Crippen molar-refractivity contribution in [2.24, 2.45) is 5.73 Å². The lowest BCUT2D eigenvalue weighted by Gasteiger charge is -2.43. The van der Waals surface area contributed by atoms with E-state index in [2.05, 4.69) is 10.6 Å². The van der Waals surface area contributed by atoms with Crippen LogP contribution < -0.4 is 16.4 Å². The van der Waals surface area contributed by atoms with Gasteiger partial charge in [-0.2, -0.15) is 0 Å². The van der Waals surface area contributed by atoms with Crippen molar-refractivity contribution < 1.29 is 23.9 Å². The molecule has 2 unspecified atom stereocenters. The average molecular weight is 491 g/mol. The Kier molecular flexibility index (Phi) is 9.88. The van der Waals surface area contributed by atoms with Crippen molar-refractivity contribution in [3.05, 3.63) is 34.9 Å². The number of nitrogens with two attached hydrogens (primary N) is 1. The topological polar surface area (TPSA) is 131 Å². The predicted octanol–water partition coefficient (Wildman–Crippen LogP) is 3.26. The molecule has 0 saturated heterocycles. The number of rotatable bonds is 8. The third-order valence-corrected chi connectivity index (χ3v) is 5.02. The van der Waals surface area contributed by atoms with Gasteiger partial charge in [0.15, 0.2) is 0 Å². The van der Waals surface area contributed by atoms with Crippen LogP contribution in [0.3, 0.4) is 0 Å². The summed E-state index contributed by atoms with van der Waals surface area (Å²) in [6.07, 6.45) is -1.31. The maximum absolute atomic E-state index is 14.0. The minimum Gasteiger partial charge on any atom is -0.444 e. The molecule has 9 heteroatoms. The molecule has 0 fully saturated rings. The molecule has 0 bridgehead atoms. The third kappa shape index (κ3) is 9.22. The molecule has 0 radical (unpaired) electrons. The van der Waals surface area contributed by atoms with E-state index in [0.29, 0.717) is 5.56 Å². The number of nitrogens with one attached hydrogen (secondary N) is 2. The number of ether oxygens (including phenoxy) is 1. The lowest BCUT2D eigenvalue weighted by atomic mass is 9.91. The number of amides is 4. The normalized spacial score (nSPS) is 13.6. The van der Waals surface area contributed by atoms with Crippen LogP contribution in [0.5, 0.6) is 0 Å². The standard InChI is InChI=1S/C26H42N4O5/c1-15(2)28-22(32)21(18-13-16(3)11-12-17(18)4)30(25(5,6)7)23(33)19(14-20(27)31)29-24(34)35-26(8,9)10/h11-13,15,19,21H,14H2,1-10H3,(H2,27,31)(H,28,32)(H,29,34). The van der Waals surface area contributed by atoms with E-state index >= 15 is 0 Å². The van der Waals surface area contributed by atoms with Gasteiger partial charge in [0.25, 0.3) is 0 Å². The van der Waals surface area contributed by atoms with Crippen LogP contribution in [0.15, 0.2) is 18.2 Å². The summed E-state index contributed by atoms with van der Waals surface area (Å²) in [6.45, 7) is 17.9. The van der Waals surface area contributed by atoms with Gasteiger partial charge in [0.2, 0.25) is 17.7 Å². The van der Waals surface area contributed by atoms with Gasteiger partial charge >= 0.3 is 6.09 Å². The SMILES string of the molecule is Cc1ccc(C)c(C(C(=O)NC(C)C)N(C(=O)C(CC(N)=O)NC(=O)OC(C)(C)C)C(C)(C)C)c1. The summed E-state index contributed by atoms with van der Waals surface area (Å²) in [4.78, 5) is 53.3. The van der Waals surface area contributed by atoms with E-state index in [-0.39, 0.29) is 11.9 Å². The molecular formula is C26H42N4O5. The summed E-state index contributed by atoms with van der Waals surface area (Å²) < 4.78 is 5.29. The molecule has 4 N–H and O–H groups in total. The van der Waals surface area contributed by atoms with E-state index in [1.54, 1.807) is 41.5 Å². The van der Waals surface area contributed by atoms with Crippen LogP contribution in [0.2, 0.25) is 0 Å². The minimum atomic E-state index is -1.32. The highest BCUT2D eigenvalue weighted by atomic mass is 16.6. The maximum atomic E-state index is 14.0. The van der Waals surface area contributed by atoms with Crippen LogP contribution >= 0.6 is 0 Å². The molecule has 2 atom stereocenters. The smallest absolute Gasteiger partial charge is 0.408 e. The first-order chi connectivity index (χ1) is 15.8. The van der Waals surface area contributed by atoms with Gasteiger partial charge in [0.05, 0.1) is 6.42 Å². The fourth-order valence-corrected chi connectivity index (χ4v) is 3.68. The Morgan fingerprint density at radius 3 is 2.03 bits per heavy atom. The molecule has 1 aromatic rings. The Balaban J connectivity index is 3.66. The van der Waals surface area contributed by atoms with Crippen molar-refractivity contribution in [2.45, 2.75) is 105 Å². The first-order valence-corrected chi connectivity index (χ1v) is 11.8. The number of carbonyl (C=O) groups is 4. The van der Waals surface area contributed by atoms with Gasteiger partial charge in [-0.3, -0.25) is 14.4 Å². The van der Waals surface area contributed by atoms with Crippen LogP contribution in [0.1, 0.15) is 84.5 Å². The van der Waals surface area contributed by atoms with Crippen LogP contribution in [-0.2, 0) is 19.1 Å². The second-order valence-corrected chi connectivity index (χ2v) is 11.2. The molecule has 0 spiro atoms. The van der Waals surface area contributed by atoms with Gasteiger partial charge in [-0.05, 0) is 80.4 Å². The van der Waals surface area contributed by atoms with Gasteiger partial charge in [-0.1, -0.05) is 23.8 Å². The summed E-state index contributed by atoms with van der Waals surface area (Å²) >= 11 is 0. The van der Waals surface area contributed by atoms with Gasteiger partial charge in [-0.15, -0.1) is 0 Å². The van der Waals surface area contributed by atoms with Crippen LogP contribution in [0.25, 0.3) is 0 Å². The Labute approximate surface area is 209 Å². The van der Waals surface area contributed by atoms with E-state index in [4.69, 9.17) is 10.5 Å². The molecule has 0 saturated carbocycles. The van der Waals surface area contributed by atoms with Crippen molar-refractivity contribution in [1.29, 1.82) is 0 Å². The summed E-state index contributed by atoms with van der Waals surface area (Å²) in [5.41, 5.74) is 6.15. The molecule has 0 aliphatic heterocycles. The third-order valence-electron chi connectivity index (χ3n) is 5.02. The second kappa shape index (κ2) is 11.6. The van der Waals surface area contributed by atoms with Crippen LogP contribution in [-0.4, -0.2) is 51.9 Å². The number of benzene rings is 1. The highest BCUT2D eigenvalue weighted by Gasteiger charge is 2.42. The molecule has 9 nitrogen and oxygen atoms in total. The van der Waals surface area contributed by atoms with Crippen molar-refractivity contribution in [3.8, 4) is 0 Å². The molecule has 1 aromatic carbocycles. The van der Waals surface area contributed by atoms with E-state index < -0.39 is 47.6 Å². The highest BCUT2D eigenvalue weighted by molar-refractivity contribution is 5.95. The number of carbonyl (C=O) groups excluding carboxylic acids is 4. The van der Waals surface area contributed by atoms with Crippen molar-refractivity contribution >= 4 is 23.8 Å². The molecule has 0 aliphatic rings. The maximum Gasteiger partial charge on any atom is 0.408 e. The van der Waals surface area contributed by atoms with Crippen LogP contribution in [0, 0.1) is 13.8 Å². The number of hydrogen-bond acceptors (Lipinski definition) is 5. The highest BCUT2D eigenvalue weighted by Crippen LogP contribution is 2.32. The zero-order valence-electron chi connectivity index (χ0n) is 22.7. The Bertz CT molecular complexity index is 944. The number of hydrogen-bond donors (Lipinski definition) is 3. The Morgan fingerprint density at radius 1 is 1.00 bits per heavy atom. The van der Waals surface area contributed by atoms with E-state index in [0.717, 1.165) is 11.1 Å². The van der Waals surface area contributed by atoms with E-state index in [9.17, 15) is 19.2 Å². The molecule has 1 rings (SSSR count). The van der Waals surface area contributed by atoms with E-state index in [1.165, 1.54) is 4.90 Å². The Hall–Kier alpha value is -3.10. The zero-order chi connectivity index (χ0) is 27.3. The average Bonchev–Trinajstić information content (AvgIpc) is 2.63. The quantitative estimate of drug-likeness (QED) is 0.515. The van der Waals surface area contributed by atoms with Crippen molar-refractivity contribution in [1.82, 2.24) is 15.5 Å². The lowest BCUT2D eigenvalue weighted by molar-refractivity contribution is -0.149. The summed E-state index contributed by atoms with van der Waals surface area (Å²) in [6, 6.07) is 3.19. The molecule has 4 amide bonds. The summed E-state index contributed by atoms with van der Waals surface area (Å²) in [5, 5.41) is 5.39. The molecule has 0 aromatic heterocycles. The van der Waals surface area contributed by atoms with Crippen LogP contribution in [0.4, 0.5) is 4.79 Å². The fraction of sp³-hybridized carbons (Fsp3) is 0.615. The number of alkyl carbamates (subject to hydrolysis) is 1. The Morgan fingerprint density at radius 2 is 1.57 bits per heavy atom. The fourth-order valence-electron chi connectivity index (χ4n) is 3.68. The molecule has 0 heterocycles.